The van der Waals surface area contributed by atoms with E-state index in [1.807, 2.05) is 60.0 Å². The Morgan fingerprint density at radius 2 is 1.75 bits per heavy atom. The Hall–Kier alpha value is -3.40. The van der Waals surface area contributed by atoms with E-state index >= 15 is 0 Å². The summed E-state index contributed by atoms with van der Waals surface area (Å²) < 4.78 is 47.2. The topological polar surface area (TPSA) is 76.6 Å². The number of rotatable bonds is 7. The van der Waals surface area contributed by atoms with Gasteiger partial charge in [-0.2, -0.15) is 4.31 Å². The number of sulfonamides is 1. The summed E-state index contributed by atoms with van der Waals surface area (Å²) in [5, 5.41) is 2.68. The first-order valence-corrected chi connectivity index (χ1v) is 13.7. The fourth-order valence-corrected chi connectivity index (χ4v) is 6.74. The summed E-state index contributed by atoms with van der Waals surface area (Å²) in [4.78, 5) is 17.4. The van der Waals surface area contributed by atoms with Gasteiger partial charge in [-0.3, -0.25) is 4.79 Å². The SMILES string of the molecule is O=C(C[C@@H]1c2ccccc2CCN1S(=O)(=O)c1ccc(F)cc1)OCc1csc(-c2ccccc2)n1. The quantitative estimate of drug-likeness (QED) is 0.305. The number of halogens is 1. The zero-order valence-electron chi connectivity index (χ0n) is 19.2. The van der Waals surface area contributed by atoms with Crippen LogP contribution in [0.5, 0.6) is 0 Å². The maximum atomic E-state index is 13.5. The predicted octanol–water partition coefficient (Wildman–Crippen LogP) is 5.37. The first-order chi connectivity index (χ1) is 17.4. The van der Waals surface area contributed by atoms with E-state index in [9.17, 15) is 17.6 Å². The molecule has 6 nitrogen and oxygen atoms in total. The van der Waals surface area contributed by atoms with Crippen molar-refractivity contribution in [3.05, 3.63) is 107 Å². The molecular formula is C27H23FN2O4S2. The molecule has 0 saturated carbocycles. The average molecular weight is 523 g/mol. The third-order valence-electron chi connectivity index (χ3n) is 6.10. The Balaban J connectivity index is 1.34. The predicted molar refractivity (Wildman–Crippen MR) is 135 cm³/mol. The van der Waals surface area contributed by atoms with Crippen LogP contribution in [-0.4, -0.2) is 30.2 Å². The molecule has 0 N–H and O–H groups in total. The van der Waals surface area contributed by atoms with Crippen molar-refractivity contribution in [1.29, 1.82) is 0 Å². The lowest BCUT2D eigenvalue weighted by Crippen LogP contribution is -2.41. The van der Waals surface area contributed by atoms with Crippen LogP contribution in [0.2, 0.25) is 0 Å². The molecule has 0 aliphatic carbocycles. The largest absolute Gasteiger partial charge is 0.459 e. The first-order valence-electron chi connectivity index (χ1n) is 11.4. The van der Waals surface area contributed by atoms with E-state index in [1.165, 1.54) is 27.8 Å². The van der Waals surface area contributed by atoms with Gasteiger partial charge in [0.2, 0.25) is 10.0 Å². The third kappa shape index (κ3) is 5.09. The summed E-state index contributed by atoms with van der Waals surface area (Å²) >= 11 is 1.47. The second kappa shape index (κ2) is 10.3. The van der Waals surface area contributed by atoms with Gasteiger partial charge in [0.15, 0.2) is 0 Å². The zero-order valence-corrected chi connectivity index (χ0v) is 20.8. The van der Waals surface area contributed by atoms with Gasteiger partial charge in [-0.1, -0.05) is 54.6 Å². The van der Waals surface area contributed by atoms with Crippen molar-refractivity contribution in [1.82, 2.24) is 9.29 Å². The first kappa shape index (κ1) is 24.3. The lowest BCUT2D eigenvalue weighted by molar-refractivity contribution is -0.146. The molecular weight excluding hydrogens is 499 g/mol. The Bertz CT molecular complexity index is 1470. The maximum Gasteiger partial charge on any atom is 0.308 e. The number of hydrogen-bond donors (Lipinski definition) is 0. The molecule has 36 heavy (non-hydrogen) atoms. The fraction of sp³-hybridized carbons (Fsp3) is 0.185. The van der Waals surface area contributed by atoms with Crippen LogP contribution < -0.4 is 0 Å². The van der Waals surface area contributed by atoms with Gasteiger partial charge >= 0.3 is 5.97 Å². The molecule has 5 rings (SSSR count). The highest BCUT2D eigenvalue weighted by molar-refractivity contribution is 7.89. The molecule has 4 aromatic rings. The Morgan fingerprint density at radius 1 is 1.03 bits per heavy atom. The molecule has 0 amide bonds. The van der Waals surface area contributed by atoms with E-state index in [0.29, 0.717) is 12.1 Å². The second-order valence-electron chi connectivity index (χ2n) is 8.41. The highest BCUT2D eigenvalue weighted by Gasteiger charge is 2.37. The summed E-state index contributed by atoms with van der Waals surface area (Å²) in [6.07, 6.45) is 0.371. The molecule has 1 aromatic heterocycles. The molecule has 1 aliphatic rings. The van der Waals surface area contributed by atoms with Crippen molar-refractivity contribution in [2.24, 2.45) is 0 Å². The molecule has 0 fully saturated rings. The highest BCUT2D eigenvalue weighted by atomic mass is 32.2. The third-order valence-corrected chi connectivity index (χ3v) is 8.96. The summed E-state index contributed by atoms with van der Waals surface area (Å²) in [7, 11) is -3.96. The summed E-state index contributed by atoms with van der Waals surface area (Å²) in [5.74, 6) is -1.04. The molecule has 184 valence electrons. The van der Waals surface area contributed by atoms with Crippen LogP contribution in [0.25, 0.3) is 10.6 Å². The molecule has 2 heterocycles. The van der Waals surface area contributed by atoms with Gasteiger partial charge in [-0.25, -0.2) is 17.8 Å². The molecule has 1 atom stereocenters. The molecule has 0 spiro atoms. The van der Waals surface area contributed by atoms with E-state index in [2.05, 4.69) is 4.98 Å². The van der Waals surface area contributed by atoms with Crippen LogP contribution >= 0.6 is 11.3 Å². The number of thiazole rings is 1. The Labute approximate surface area is 213 Å². The minimum absolute atomic E-state index is 0.00124. The van der Waals surface area contributed by atoms with Gasteiger partial charge in [-0.05, 0) is 41.8 Å². The van der Waals surface area contributed by atoms with Crippen LogP contribution in [-0.2, 0) is 32.6 Å². The van der Waals surface area contributed by atoms with Crippen LogP contribution in [0, 0.1) is 5.82 Å². The van der Waals surface area contributed by atoms with E-state index in [-0.39, 0.29) is 24.5 Å². The molecule has 0 radical (unpaired) electrons. The minimum atomic E-state index is -3.96. The molecule has 0 unspecified atom stereocenters. The number of carbonyl (C=O) groups is 1. The van der Waals surface area contributed by atoms with E-state index in [1.54, 1.807) is 0 Å². The molecule has 3 aromatic carbocycles. The number of carbonyl (C=O) groups excluding carboxylic acids is 1. The molecule has 0 bridgehead atoms. The maximum absolute atomic E-state index is 13.5. The van der Waals surface area contributed by atoms with Crippen molar-refractivity contribution in [2.75, 3.05) is 6.54 Å². The van der Waals surface area contributed by atoms with E-state index < -0.39 is 27.9 Å². The average Bonchev–Trinajstić information content (AvgIpc) is 3.37. The number of fused-ring (bicyclic) bond motifs is 1. The van der Waals surface area contributed by atoms with E-state index in [0.717, 1.165) is 33.8 Å². The number of hydrogen-bond acceptors (Lipinski definition) is 6. The Kier molecular flexibility index (Phi) is 6.95. The van der Waals surface area contributed by atoms with Crippen LogP contribution in [0.15, 0.2) is 89.1 Å². The van der Waals surface area contributed by atoms with Gasteiger partial charge in [0.25, 0.3) is 0 Å². The standard InChI is InChI=1S/C27H23FN2O4S2/c28-21-10-12-23(13-11-21)36(32,33)30-15-14-19-6-4-5-9-24(19)25(30)16-26(31)34-17-22-18-35-27(29-22)20-7-2-1-3-8-20/h1-13,18,25H,14-17H2/t25-/m1/s1. The zero-order chi connectivity index (χ0) is 25.1. The monoisotopic (exact) mass is 522 g/mol. The smallest absolute Gasteiger partial charge is 0.308 e. The molecule has 0 saturated heterocycles. The van der Waals surface area contributed by atoms with Gasteiger partial charge in [0.1, 0.15) is 17.4 Å². The molecule has 1 aliphatic heterocycles. The van der Waals surface area contributed by atoms with Gasteiger partial charge < -0.3 is 4.74 Å². The molecule has 9 heteroatoms. The number of esters is 1. The van der Waals surface area contributed by atoms with Crippen molar-refractivity contribution in [2.45, 2.75) is 30.4 Å². The number of ether oxygens (including phenoxy) is 1. The van der Waals surface area contributed by atoms with Gasteiger partial charge in [-0.15, -0.1) is 11.3 Å². The fourth-order valence-electron chi connectivity index (χ4n) is 4.33. The second-order valence-corrected chi connectivity index (χ2v) is 11.2. The Morgan fingerprint density at radius 3 is 2.53 bits per heavy atom. The van der Waals surface area contributed by atoms with Crippen molar-refractivity contribution in [3.63, 3.8) is 0 Å². The van der Waals surface area contributed by atoms with Crippen LogP contribution in [0.3, 0.4) is 0 Å². The minimum Gasteiger partial charge on any atom is -0.459 e. The number of benzene rings is 3. The van der Waals surface area contributed by atoms with Crippen molar-refractivity contribution < 1.29 is 22.3 Å². The van der Waals surface area contributed by atoms with Gasteiger partial charge in [0.05, 0.1) is 23.1 Å². The summed E-state index contributed by atoms with van der Waals surface area (Å²) in [6, 6.07) is 21.2. The van der Waals surface area contributed by atoms with Crippen LogP contribution in [0.4, 0.5) is 4.39 Å². The van der Waals surface area contributed by atoms with Crippen LogP contribution in [0.1, 0.15) is 29.3 Å². The van der Waals surface area contributed by atoms with Gasteiger partial charge in [0, 0.05) is 17.5 Å². The van der Waals surface area contributed by atoms with Crippen molar-refractivity contribution >= 4 is 27.3 Å². The summed E-state index contributed by atoms with van der Waals surface area (Å²) in [6.45, 7) is 0.211. The lowest BCUT2D eigenvalue weighted by Gasteiger charge is -2.36. The van der Waals surface area contributed by atoms with Crippen molar-refractivity contribution in [3.8, 4) is 10.6 Å². The highest BCUT2D eigenvalue weighted by Crippen LogP contribution is 2.36. The lowest BCUT2D eigenvalue weighted by atomic mass is 9.92. The summed E-state index contributed by atoms with van der Waals surface area (Å²) in [5.41, 5.74) is 3.38. The van der Waals surface area contributed by atoms with E-state index in [4.69, 9.17) is 4.74 Å². The normalized spacial score (nSPS) is 15.9. The number of aromatic nitrogens is 1. The number of nitrogens with zero attached hydrogens (tertiary/aromatic N) is 2.